The van der Waals surface area contributed by atoms with Gasteiger partial charge in [0.1, 0.15) is 0 Å². The molecule has 0 fully saturated rings. The molecule has 6 heteroatoms. The van der Waals surface area contributed by atoms with Crippen molar-refractivity contribution < 1.29 is 4.52 Å². The molecule has 4 nitrogen and oxygen atoms in total. The lowest BCUT2D eigenvalue weighted by atomic mass is 10.2. The zero-order valence-electron chi connectivity index (χ0n) is 11.1. The molecule has 2 aromatic rings. The highest BCUT2D eigenvalue weighted by Gasteiger charge is 2.16. The molecule has 0 aliphatic carbocycles. The number of hydrogen-bond acceptors (Lipinski definition) is 5. The number of nitrogen functional groups attached to an aromatic ring is 1. The molecule has 0 amide bonds. The van der Waals surface area contributed by atoms with Crippen LogP contribution >= 0.6 is 27.7 Å². The molecule has 0 radical (unpaired) electrons. The van der Waals surface area contributed by atoms with Gasteiger partial charge in [-0.25, -0.2) is 0 Å². The lowest BCUT2D eigenvalue weighted by Crippen LogP contribution is -2.07. The van der Waals surface area contributed by atoms with Crippen molar-refractivity contribution in [2.75, 3.05) is 5.73 Å². The molecule has 102 valence electrons. The number of rotatable bonds is 3. The SMILES string of the molecule is CC(C)(C)SCc1noc(-c2cc(N)ccc2Br)n1. The second kappa shape index (κ2) is 5.54. The molecule has 2 N–H and O–H groups in total. The summed E-state index contributed by atoms with van der Waals surface area (Å²) in [6.07, 6.45) is 0. The summed E-state index contributed by atoms with van der Waals surface area (Å²) in [4.78, 5) is 4.40. The number of nitrogens with zero attached hydrogens (tertiary/aromatic N) is 2. The Morgan fingerprint density at radius 3 is 2.79 bits per heavy atom. The van der Waals surface area contributed by atoms with Crippen molar-refractivity contribution in [3.63, 3.8) is 0 Å². The number of hydrogen-bond donors (Lipinski definition) is 1. The summed E-state index contributed by atoms with van der Waals surface area (Å²) < 4.78 is 6.36. The Labute approximate surface area is 125 Å². The minimum Gasteiger partial charge on any atom is -0.399 e. The number of thioether (sulfide) groups is 1. The average molecular weight is 342 g/mol. The first-order valence-electron chi connectivity index (χ1n) is 5.87. The summed E-state index contributed by atoms with van der Waals surface area (Å²) in [7, 11) is 0. The second-order valence-corrected chi connectivity index (χ2v) is 7.81. The lowest BCUT2D eigenvalue weighted by Gasteiger charge is -2.15. The molecule has 0 aliphatic heterocycles. The standard InChI is InChI=1S/C13H16BrN3OS/c1-13(2,3)19-7-11-16-12(18-17-11)9-6-8(15)4-5-10(9)14/h4-6H,7,15H2,1-3H3. The number of benzene rings is 1. The van der Waals surface area contributed by atoms with Crippen molar-refractivity contribution >= 4 is 33.4 Å². The number of halogens is 1. The predicted molar refractivity (Wildman–Crippen MR) is 82.9 cm³/mol. The molecule has 19 heavy (non-hydrogen) atoms. The van der Waals surface area contributed by atoms with Gasteiger partial charge in [-0.1, -0.05) is 25.9 Å². The van der Waals surface area contributed by atoms with Gasteiger partial charge in [0.2, 0.25) is 0 Å². The molecule has 0 saturated heterocycles. The first-order valence-corrected chi connectivity index (χ1v) is 7.65. The zero-order chi connectivity index (χ0) is 14.0. The largest absolute Gasteiger partial charge is 0.399 e. The first kappa shape index (κ1) is 14.4. The fourth-order valence-electron chi connectivity index (χ4n) is 1.41. The molecular weight excluding hydrogens is 326 g/mol. The van der Waals surface area contributed by atoms with Crippen molar-refractivity contribution in [2.24, 2.45) is 0 Å². The average Bonchev–Trinajstić information content (AvgIpc) is 2.77. The summed E-state index contributed by atoms with van der Waals surface area (Å²) in [6.45, 7) is 6.48. The Morgan fingerprint density at radius 1 is 1.37 bits per heavy atom. The van der Waals surface area contributed by atoms with Gasteiger partial charge < -0.3 is 10.3 Å². The van der Waals surface area contributed by atoms with Crippen LogP contribution in [0.4, 0.5) is 5.69 Å². The van der Waals surface area contributed by atoms with Crippen LogP contribution < -0.4 is 5.73 Å². The summed E-state index contributed by atoms with van der Waals surface area (Å²) in [5.74, 6) is 1.92. The number of nitrogens with two attached hydrogens (primary N) is 1. The fourth-order valence-corrected chi connectivity index (χ4v) is 2.51. The summed E-state index contributed by atoms with van der Waals surface area (Å²) in [6, 6.07) is 5.51. The summed E-state index contributed by atoms with van der Waals surface area (Å²) in [5, 5.41) is 4.00. The van der Waals surface area contributed by atoms with E-state index in [1.165, 1.54) is 0 Å². The van der Waals surface area contributed by atoms with E-state index in [9.17, 15) is 0 Å². The molecule has 0 bridgehead atoms. The third-order valence-electron chi connectivity index (χ3n) is 2.32. The Morgan fingerprint density at radius 2 is 2.11 bits per heavy atom. The van der Waals surface area contributed by atoms with E-state index < -0.39 is 0 Å². The molecule has 2 rings (SSSR count). The third-order valence-corrected chi connectivity index (χ3v) is 4.28. The number of anilines is 1. The smallest absolute Gasteiger partial charge is 0.259 e. The van der Waals surface area contributed by atoms with Crippen LogP contribution in [0.1, 0.15) is 26.6 Å². The van der Waals surface area contributed by atoms with Gasteiger partial charge in [-0.3, -0.25) is 0 Å². The Balaban J connectivity index is 2.19. The molecule has 1 aromatic carbocycles. The van der Waals surface area contributed by atoms with Gasteiger partial charge in [0, 0.05) is 14.9 Å². The van der Waals surface area contributed by atoms with E-state index in [0.717, 1.165) is 15.8 Å². The van der Waals surface area contributed by atoms with Gasteiger partial charge in [-0.15, -0.1) is 11.8 Å². The van der Waals surface area contributed by atoms with Crippen LogP contribution in [-0.4, -0.2) is 14.9 Å². The van der Waals surface area contributed by atoms with E-state index in [1.54, 1.807) is 11.8 Å². The molecule has 0 atom stereocenters. The Hall–Kier alpha value is -1.01. The summed E-state index contributed by atoms with van der Waals surface area (Å²) >= 11 is 5.24. The van der Waals surface area contributed by atoms with Gasteiger partial charge in [0.25, 0.3) is 5.89 Å². The van der Waals surface area contributed by atoms with E-state index >= 15 is 0 Å². The zero-order valence-corrected chi connectivity index (χ0v) is 13.5. The normalized spacial score (nSPS) is 11.8. The van der Waals surface area contributed by atoms with Crippen molar-refractivity contribution in [2.45, 2.75) is 31.3 Å². The van der Waals surface area contributed by atoms with Crippen LogP contribution in [0.5, 0.6) is 0 Å². The second-order valence-electron chi connectivity index (χ2n) is 5.16. The predicted octanol–water partition coefficient (Wildman–Crippen LogP) is 4.11. The molecule has 0 aliphatic rings. The first-order chi connectivity index (χ1) is 8.85. The third kappa shape index (κ3) is 3.98. The van der Waals surface area contributed by atoms with Crippen LogP contribution in [0.3, 0.4) is 0 Å². The van der Waals surface area contributed by atoms with Gasteiger partial charge in [0.05, 0.1) is 11.3 Å². The van der Waals surface area contributed by atoms with Crippen LogP contribution in [-0.2, 0) is 5.75 Å². The molecule has 1 aromatic heterocycles. The van der Waals surface area contributed by atoms with Crippen molar-refractivity contribution in [3.8, 4) is 11.5 Å². The monoisotopic (exact) mass is 341 g/mol. The van der Waals surface area contributed by atoms with Crippen molar-refractivity contribution in [3.05, 3.63) is 28.5 Å². The minimum absolute atomic E-state index is 0.179. The molecular formula is C13H16BrN3OS. The Kier molecular flexibility index (Phi) is 4.20. The van der Waals surface area contributed by atoms with Crippen LogP contribution in [0.15, 0.2) is 27.2 Å². The Bertz CT molecular complexity index is 578. The van der Waals surface area contributed by atoms with Gasteiger partial charge in [-0.2, -0.15) is 4.98 Å². The van der Waals surface area contributed by atoms with E-state index in [2.05, 4.69) is 46.8 Å². The maximum absolute atomic E-state index is 5.77. The van der Waals surface area contributed by atoms with Crippen molar-refractivity contribution in [1.82, 2.24) is 10.1 Å². The molecule has 0 unspecified atom stereocenters. The molecule has 1 heterocycles. The van der Waals surface area contributed by atoms with Gasteiger partial charge in [-0.05, 0) is 34.1 Å². The van der Waals surface area contributed by atoms with Crippen molar-refractivity contribution in [1.29, 1.82) is 0 Å². The fraction of sp³-hybridized carbons (Fsp3) is 0.385. The minimum atomic E-state index is 0.179. The van der Waals surface area contributed by atoms with Crippen LogP contribution in [0.25, 0.3) is 11.5 Å². The molecule has 0 saturated carbocycles. The van der Waals surface area contributed by atoms with E-state index in [-0.39, 0.29) is 4.75 Å². The van der Waals surface area contributed by atoms with Crippen LogP contribution in [0.2, 0.25) is 0 Å². The quantitative estimate of drug-likeness (QED) is 0.851. The van der Waals surface area contributed by atoms with E-state index in [0.29, 0.717) is 17.4 Å². The van der Waals surface area contributed by atoms with Gasteiger partial charge in [0.15, 0.2) is 5.82 Å². The molecule has 0 spiro atoms. The number of aromatic nitrogens is 2. The highest BCUT2D eigenvalue weighted by molar-refractivity contribution is 9.10. The topological polar surface area (TPSA) is 64.9 Å². The van der Waals surface area contributed by atoms with E-state index in [4.69, 9.17) is 10.3 Å². The maximum Gasteiger partial charge on any atom is 0.259 e. The summed E-state index contributed by atoms with van der Waals surface area (Å²) in [5.41, 5.74) is 7.26. The highest BCUT2D eigenvalue weighted by Crippen LogP contribution is 2.30. The lowest BCUT2D eigenvalue weighted by molar-refractivity contribution is 0.425. The maximum atomic E-state index is 5.77. The van der Waals surface area contributed by atoms with E-state index in [1.807, 2.05) is 18.2 Å². The van der Waals surface area contributed by atoms with Crippen LogP contribution in [0, 0.1) is 0 Å². The highest BCUT2D eigenvalue weighted by atomic mass is 79.9. The van der Waals surface area contributed by atoms with Gasteiger partial charge >= 0.3 is 0 Å².